The maximum absolute atomic E-state index is 12.1. The summed E-state index contributed by atoms with van der Waals surface area (Å²) < 4.78 is 0. The second-order valence-electron chi connectivity index (χ2n) is 4.81. The maximum atomic E-state index is 12.1. The van der Waals surface area contributed by atoms with E-state index in [0.717, 1.165) is 35.8 Å². The van der Waals surface area contributed by atoms with Crippen molar-refractivity contribution in [3.63, 3.8) is 0 Å². The Hall–Kier alpha value is -1.68. The fourth-order valence-corrected chi connectivity index (χ4v) is 3.31. The molecule has 3 rings (SSSR count). The van der Waals surface area contributed by atoms with E-state index in [2.05, 4.69) is 9.88 Å². The van der Waals surface area contributed by atoms with Gasteiger partial charge in [0.25, 0.3) is 0 Å². The number of hydrogen-bond acceptors (Lipinski definition) is 4. The molecule has 0 atom stereocenters. The van der Waals surface area contributed by atoms with Crippen LogP contribution in [0.2, 0.25) is 0 Å². The molecule has 1 aliphatic heterocycles. The Morgan fingerprint density at radius 2 is 2.21 bits per heavy atom. The van der Waals surface area contributed by atoms with Crippen LogP contribution in [-0.2, 0) is 6.54 Å². The normalized spacial score (nSPS) is 15.2. The van der Waals surface area contributed by atoms with Crippen LogP contribution in [-0.4, -0.2) is 17.3 Å². The van der Waals surface area contributed by atoms with E-state index < -0.39 is 0 Å². The van der Waals surface area contributed by atoms with Crippen LogP contribution in [0.3, 0.4) is 0 Å². The van der Waals surface area contributed by atoms with Crippen LogP contribution in [0, 0.1) is 6.92 Å². The van der Waals surface area contributed by atoms with Crippen LogP contribution >= 0.6 is 11.3 Å². The molecule has 0 saturated heterocycles. The second-order valence-corrected chi connectivity index (χ2v) is 6.13. The molecule has 0 saturated carbocycles. The van der Waals surface area contributed by atoms with Crippen LogP contribution < -0.4 is 4.90 Å². The average Bonchev–Trinajstić information content (AvgIpc) is 2.75. The number of fused-ring (bicyclic) bond motifs is 1. The molecule has 3 nitrogen and oxygen atoms in total. The highest BCUT2D eigenvalue weighted by molar-refractivity contribution is 7.11. The molecule has 0 bridgehead atoms. The fraction of sp³-hybridized carbons (Fsp3) is 0.333. The Morgan fingerprint density at radius 1 is 1.37 bits per heavy atom. The highest BCUT2D eigenvalue weighted by Crippen LogP contribution is 2.28. The fourth-order valence-electron chi connectivity index (χ4n) is 2.50. The minimum atomic E-state index is 0.263. The molecule has 19 heavy (non-hydrogen) atoms. The number of anilines is 1. The number of benzene rings is 1. The van der Waals surface area contributed by atoms with Gasteiger partial charge in [-0.15, -0.1) is 11.3 Å². The van der Waals surface area contributed by atoms with Crippen molar-refractivity contribution < 1.29 is 4.79 Å². The molecule has 2 aromatic rings. The van der Waals surface area contributed by atoms with Gasteiger partial charge < -0.3 is 4.90 Å². The van der Waals surface area contributed by atoms with Gasteiger partial charge in [0, 0.05) is 35.3 Å². The minimum absolute atomic E-state index is 0.263. The standard InChI is InChI=1S/C15H16N2OS/c1-11-16-9-12(19-11)10-17-8-4-7-15(18)13-5-2-3-6-14(13)17/h2-3,5-6,9H,4,7-8,10H2,1H3. The SMILES string of the molecule is Cc1ncc(CN2CCCC(=O)c3ccccc32)s1. The molecule has 0 N–H and O–H groups in total. The first-order valence-electron chi connectivity index (χ1n) is 6.52. The number of hydrogen-bond donors (Lipinski definition) is 0. The van der Waals surface area contributed by atoms with Gasteiger partial charge in [-0.1, -0.05) is 12.1 Å². The number of nitrogens with zero attached hydrogens (tertiary/aromatic N) is 2. The molecule has 1 aromatic heterocycles. The maximum Gasteiger partial charge on any atom is 0.165 e. The van der Waals surface area contributed by atoms with Gasteiger partial charge >= 0.3 is 0 Å². The molecule has 1 aromatic carbocycles. The van der Waals surface area contributed by atoms with Crippen molar-refractivity contribution in [1.82, 2.24) is 4.98 Å². The summed E-state index contributed by atoms with van der Waals surface area (Å²) in [7, 11) is 0. The number of aromatic nitrogens is 1. The van der Waals surface area contributed by atoms with E-state index in [4.69, 9.17) is 0 Å². The Kier molecular flexibility index (Phi) is 3.34. The van der Waals surface area contributed by atoms with E-state index in [1.807, 2.05) is 37.4 Å². The molecule has 0 amide bonds. The lowest BCUT2D eigenvalue weighted by Gasteiger charge is -2.23. The summed E-state index contributed by atoms with van der Waals surface area (Å²) in [6, 6.07) is 7.93. The van der Waals surface area contributed by atoms with Gasteiger partial charge in [-0.25, -0.2) is 4.98 Å². The average molecular weight is 272 g/mol. The van der Waals surface area contributed by atoms with Crippen molar-refractivity contribution in [2.75, 3.05) is 11.4 Å². The topological polar surface area (TPSA) is 33.2 Å². The van der Waals surface area contributed by atoms with Crippen LogP contribution in [0.15, 0.2) is 30.5 Å². The van der Waals surface area contributed by atoms with E-state index in [0.29, 0.717) is 6.42 Å². The lowest BCUT2D eigenvalue weighted by Crippen LogP contribution is -2.23. The molecule has 1 aliphatic rings. The molecule has 98 valence electrons. The van der Waals surface area contributed by atoms with Gasteiger partial charge in [-0.05, 0) is 25.5 Å². The molecular weight excluding hydrogens is 256 g/mol. The highest BCUT2D eigenvalue weighted by atomic mass is 32.1. The summed E-state index contributed by atoms with van der Waals surface area (Å²) in [5, 5.41) is 1.09. The zero-order valence-corrected chi connectivity index (χ0v) is 11.7. The first-order valence-corrected chi connectivity index (χ1v) is 7.34. The molecule has 0 unspecified atom stereocenters. The number of rotatable bonds is 2. The number of Topliss-reactive ketones (excluding diaryl/α,β-unsaturated/α-hetero) is 1. The summed E-state index contributed by atoms with van der Waals surface area (Å²) in [5.41, 5.74) is 1.93. The Balaban J connectivity index is 1.93. The molecule has 4 heteroatoms. The van der Waals surface area contributed by atoms with Crippen LogP contribution in [0.4, 0.5) is 5.69 Å². The third kappa shape index (κ3) is 2.54. The van der Waals surface area contributed by atoms with Crippen molar-refractivity contribution in [2.24, 2.45) is 0 Å². The van der Waals surface area contributed by atoms with Crippen molar-refractivity contribution in [3.05, 3.63) is 45.9 Å². The van der Waals surface area contributed by atoms with E-state index in [1.165, 1.54) is 4.88 Å². The summed E-state index contributed by atoms with van der Waals surface area (Å²) in [6.07, 6.45) is 3.51. The van der Waals surface area contributed by atoms with E-state index in [9.17, 15) is 4.79 Å². The van der Waals surface area contributed by atoms with Gasteiger partial charge in [-0.2, -0.15) is 0 Å². The van der Waals surface area contributed by atoms with Crippen molar-refractivity contribution in [3.8, 4) is 0 Å². The lowest BCUT2D eigenvalue weighted by atomic mass is 10.1. The van der Waals surface area contributed by atoms with Gasteiger partial charge in [0.05, 0.1) is 11.6 Å². The van der Waals surface area contributed by atoms with Crippen molar-refractivity contribution in [2.45, 2.75) is 26.3 Å². The highest BCUT2D eigenvalue weighted by Gasteiger charge is 2.20. The quantitative estimate of drug-likeness (QED) is 0.839. The summed E-state index contributed by atoms with van der Waals surface area (Å²) >= 11 is 1.73. The van der Waals surface area contributed by atoms with Crippen LogP contribution in [0.1, 0.15) is 33.1 Å². The predicted molar refractivity (Wildman–Crippen MR) is 77.9 cm³/mol. The Bertz CT molecular complexity index is 606. The predicted octanol–water partition coefficient (Wildman–Crippen LogP) is 3.43. The summed E-state index contributed by atoms with van der Waals surface area (Å²) in [6.45, 7) is 3.80. The third-order valence-electron chi connectivity index (χ3n) is 3.39. The van der Waals surface area contributed by atoms with Gasteiger partial charge in [0.1, 0.15) is 0 Å². The number of carbonyl (C=O) groups is 1. The summed E-state index contributed by atoms with van der Waals surface area (Å²) in [4.78, 5) is 19.9. The van der Waals surface area contributed by atoms with Gasteiger partial charge in [0.15, 0.2) is 5.78 Å². The molecular formula is C15H16N2OS. The Labute approximate surface area is 116 Å². The molecule has 0 radical (unpaired) electrons. The molecule has 0 spiro atoms. The van der Waals surface area contributed by atoms with Crippen molar-refractivity contribution in [1.29, 1.82) is 0 Å². The first-order chi connectivity index (χ1) is 9.24. The van der Waals surface area contributed by atoms with Gasteiger partial charge in [-0.3, -0.25) is 4.79 Å². The molecule has 0 fully saturated rings. The van der Waals surface area contributed by atoms with E-state index in [1.54, 1.807) is 11.3 Å². The van der Waals surface area contributed by atoms with Crippen LogP contribution in [0.25, 0.3) is 0 Å². The Morgan fingerprint density at radius 3 is 3.00 bits per heavy atom. The van der Waals surface area contributed by atoms with Crippen molar-refractivity contribution >= 4 is 22.8 Å². The number of para-hydroxylation sites is 1. The number of aryl methyl sites for hydroxylation is 1. The molecule has 2 heterocycles. The monoisotopic (exact) mass is 272 g/mol. The zero-order valence-electron chi connectivity index (χ0n) is 10.9. The number of ketones is 1. The van der Waals surface area contributed by atoms with Gasteiger partial charge in [0.2, 0.25) is 0 Å². The smallest absolute Gasteiger partial charge is 0.165 e. The summed E-state index contributed by atoms with van der Waals surface area (Å²) in [5.74, 6) is 0.263. The number of thiazole rings is 1. The van der Waals surface area contributed by atoms with Crippen LogP contribution in [0.5, 0.6) is 0 Å². The largest absolute Gasteiger partial charge is 0.366 e. The third-order valence-corrected chi connectivity index (χ3v) is 4.29. The first kappa shape index (κ1) is 12.4. The van der Waals surface area contributed by atoms with E-state index >= 15 is 0 Å². The lowest BCUT2D eigenvalue weighted by molar-refractivity contribution is 0.0984. The number of carbonyl (C=O) groups excluding carboxylic acids is 1. The zero-order chi connectivity index (χ0) is 13.2. The second kappa shape index (κ2) is 5.13. The minimum Gasteiger partial charge on any atom is -0.366 e. The van der Waals surface area contributed by atoms with E-state index in [-0.39, 0.29) is 5.78 Å². The molecule has 0 aliphatic carbocycles.